The number of hydrogen-bond acceptors (Lipinski definition) is 5. The zero-order chi connectivity index (χ0) is 15.8. The Morgan fingerprint density at radius 3 is 2.50 bits per heavy atom. The fourth-order valence-electron chi connectivity index (χ4n) is 2.02. The topological polar surface area (TPSA) is 50.3 Å². The van der Waals surface area contributed by atoms with E-state index in [1.165, 1.54) is 0 Å². The van der Waals surface area contributed by atoms with Crippen molar-refractivity contribution in [1.29, 1.82) is 0 Å². The molecule has 6 heteroatoms. The van der Waals surface area contributed by atoms with Gasteiger partial charge in [0.1, 0.15) is 18.2 Å². The highest BCUT2D eigenvalue weighted by Gasteiger charge is 2.01. The van der Waals surface area contributed by atoms with Gasteiger partial charge in [-0.3, -0.25) is 0 Å². The Hall–Kier alpha value is -1.85. The predicted octanol–water partition coefficient (Wildman–Crippen LogP) is 3.59. The molecule has 0 saturated carbocycles. The van der Waals surface area contributed by atoms with Gasteiger partial charge in [-0.15, -0.1) is 0 Å². The number of aromatic nitrogens is 2. The number of anilines is 2. The normalized spacial score (nSPS) is 10.7. The van der Waals surface area contributed by atoms with Crippen LogP contribution in [-0.4, -0.2) is 41.1 Å². The number of nitrogens with zero attached hydrogens (tertiary/aromatic N) is 3. The fraction of sp³-hybridized carbons (Fsp3) is 0.375. The van der Waals surface area contributed by atoms with Crippen LogP contribution in [0.15, 0.2) is 36.5 Å². The second-order valence-corrected chi connectivity index (χ2v) is 5.07. The highest BCUT2D eigenvalue weighted by Crippen LogP contribution is 2.19. The third-order valence-electron chi connectivity index (χ3n) is 3.32. The van der Waals surface area contributed by atoms with Gasteiger partial charge in [0.25, 0.3) is 0 Å². The van der Waals surface area contributed by atoms with E-state index in [4.69, 9.17) is 16.3 Å². The molecule has 0 spiro atoms. The Morgan fingerprint density at radius 2 is 1.86 bits per heavy atom. The molecule has 1 heterocycles. The fourth-order valence-corrected chi connectivity index (χ4v) is 2.17. The number of likely N-dealkylation sites (N-methyl/N-ethyl adjacent to an activating group) is 1. The van der Waals surface area contributed by atoms with Gasteiger partial charge in [0, 0.05) is 18.4 Å². The lowest BCUT2D eigenvalue weighted by Crippen LogP contribution is -2.27. The largest absolute Gasteiger partial charge is 0.492 e. The van der Waals surface area contributed by atoms with Crippen molar-refractivity contribution in [2.45, 2.75) is 13.8 Å². The minimum atomic E-state index is 0.223. The van der Waals surface area contributed by atoms with Gasteiger partial charge in [-0.1, -0.05) is 13.8 Å². The molecule has 0 saturated heterocycles. The second-order valence-electron chi connectivity index (χ2n) is 4.74. The summed E-state index contributed by atoms with van der Waals surface area (Å²) in [6.07, 6.45) is 1.61. The number of hydrogen-bond donors (Lipinski definition) is 1. The molecule has 0 radical (unpaired) electrons. The zero-order valence-electron chi connectivity index (χ0n) is 12.9. The molecule has 2 aromatic rings. The lowest BCUT2D eigenvalue weighted by atomic mass is 10.3. The van der Waals surface area contributed by atoms with Crippen LogP contribution in [0, 0.1) is 0 Å². The summed E-state index contributed by atoms with van der Waals surface area (Å²) >= 11 is 5.76. The van der Waals surface area contributed by atoms with E-state index in [1.54, 1.807) is 12.3 Å². The number of nitrogens with one attached hydrogen (secondary N) is 1. The van der Waals surface area contributed by atoms with Crippen molar-refractivity contribution in [3.8, 4) is 5.75 Å². The van der Waals surface area contributed by atoms with Crippen LogP contribution in [0.3, 0.4) is 0 Å². The molecule has 5 nitrogen and oxygen atoms in total. The molecule has 0 unspecified atom stereocenters. The SMILES string of the molecule is CCN(CC)CCOc1ccc(Nc2ccnc(Cl)n2)cc1. The Balaban J connectivity index is 1.85. The van der Waals surface area contributed by atoms with Crippen LogP contribution >= 0.6 is 11.6 Å². The maximum atomic E-state index is 5.76. The molecule has 0 amide bonds. The summed E-state index contributed by atoms with van der Waals surface area (Å²) in [6.45, 7) is 8.03. The zero-order valence-corrected chi connectivity index (χ0v) is 13.7. The van der Waals surface area contributed by atoms with Crippen LogP contribution in [0.2, 0.25) is 5.28 Å². The van der Waals surface area contributed by atoms with Crippen molar-refractivity contribution in [2.24, 2.45) is 0 Å². The molecule has 0 atom stereocenters. The van der Waals surface area contributed by atoms with Crippen LogP contribution in [0.4, 0.5) is 11.5 Å². The quantitative estimate of drug-likeness (QED) is 0.753. The van der Waals surface area contributed by atoms with Gasteiger partial charge in [-0.05, 0) is 55.0 Å². The maximum absolute atomic E-state index is 5.76. The second kappa shape index (κ2) is 8.56. The van der Waals surface area contributed by atoms with E-state index in [-0.39, 0.29) is 5.28 Å². The van der Waals surface area contributed by atoms with Crippen LogP contribution in [-0.2, 0) is 0 Å². The summed E-state index contributed by atoms with van der Waals surface area (Å²) in [4.78, 5) is 10.3. The minimum Gasteiger partial charge on any atom is -0.492 e. The van der Waals surface area contributed by atoms with E-state index >= 15 is 0 Å². The van der Waals surface area contributed by atoms with Crippen LogP contribution in [0.5, 0.6) is 5.75 Å². The lowest BCUT2D eigenvalue weighted by Gasteiger charge is -2.18. The Kier molecular flexibility index (Phi) is 6.43. The maximum Gasteiger partial charge on any atom is 0.224 e. The van der Waals surface area contributed by atoms with Gasteiger partial charge in [0.05, 0.1) is 0 Å². The number of ether oxygens (including phenoxy) is 1. The van der Waals surface area contributed by atoms with E-state index < -0.39 is 0 Å². The monoisotopic (exact) mass is 320 g/mol. The third kappa shape index (κ3) is 5.16. The first-order valence-electron chi connectivity index (χ1n) is 7.42. The molecule has 1 aromatic carbocycles. The van der Waals surface area contributed by atoms with Crippen molar-refractivity contribution >= 4 is 23.1 Å². The van der Waals surface area contributed by atoms with Crippen molar-refractivity contribution in [2.75, 3.05) is 31.6 Å². The predicted molar refractivity (Wildman–Crippen MR) is 90.0 cm³/mol. The molecular weight excluding hydrogens is 300 g/mol. The van der Waals surface area contributed by atoms with E-state index in [0.717, 1.165) is 31.1 Å². The summed E-state index contributed by atoms with van der Waals surface area (Å²) in [5.41, 5.74) is 0.922. The minimum absolute atomic E-state index is 0.223. The molecular formula is C16H21ClN4O. The molecule has 0 aliphatic carbocycles. The summed E-state index contributed by atoms with van der Waals surface area (Å²) < 4.78 is 5.75. The van der Waals surface area contributed by atoms with Gasteiger partial charge >= 0.3 is 0 Å². The molecule has 0 aliphatic heterocycles. The van der Waals surface area contributed by atoms with Gasteiger partial charge in [0.15, 0.2) is 0 Å². The molecule has 2 rings (SSSR count). The van der Waals surface area contributed by atoms with Gasteiger partial charge < -0.3 is 15.0 Å². The van der Waals surface area contributed by atoms with Gasteiger partial charge in [-0.2, -0.15) is 0 Å². The first-order valence-corrected chi connectivity index (χ1v) is 7.80. The first-order chi connectivity index (χ1) is 10.7. The third-order valence-corrected chi connectivity index (χ3v) is 3.51. The van der Waals surface area contributed by atoms with E-state index in [0.29, 0.717) is 12.4 Å². The Bertz CT molecular complexity index is 573. The first kappa shape index (κ1) is 16.5. The molecule has 0 fully saturated rings. The average molecular weight is 321 g/mol. The highest BCUT2D eigenvalue weighted by atomic mass is 35.5. The van der Waals surface area contributed by atoms with Crippen LogP contribution < -0.4 is 10.1 Å². The molecule has 0 bridgehead atoms. The highest BCUT2D eigenvalue weighted by molar-refractivity contribution is 6.28. The summed E-state index contributed by atoms with van der Waals surface area (Å²) in [5.74, 6) is 1.52. The lowest BCUT2D eigenvalue weighted by molar-refractivity contribution is 0.223. The van der Waals surface area contributed by atoms with Gasteiger partial charge in [0.2, 0.25) is 5.28 Å². The molecule has 118 valence electrons. The average Bonchev–Trinajstić information content (AvgIpc) is 2.53. The van der Waals surface area contributed by atoms with Crippen molar-refractivity contribution in [1.82, 2.24) is 14.9 Å². The van der Waals surface area contributed by atoms with Crippen LogP contribution in [0.1, 0.15) is 13.8 Å². The summed E-state index contributed by atoms with van der Waals surface area (Å²) in [7, 11) is 0. The van der Waals surface area contributed by atoms with E-state index in [1.807, 2.05) is 24.3 Å². The Morgan fingerprint density at radius 1 is 1.14 bits per heavy atom. The Labute approximate surface area is 136 Å². The summed E-state index contributed by atoms with van der Waals surface area (Å²) in [6, 6.07) is 9.53. The van der Waals surface area contributed by atoms with Gasteiger partial charge in [-0.25, -0.2) is 9.97 Å². The van der Waals surface area contributed by atoms with Crippen molar-refractivity contribution in [3.63, 3.8) is 0 Å². The smallest absolute Gasteiger partial charge is 0.224 e. The number of rotatable bonds is 8. The molecule has 0 aliphatic rings. The molecule has 22 heavy (non-hydrogen) atoms. The van der Waals surface area contributed by atoms with Crippen LogP contribution in [0.25, 0.3) is 0 Å². The van der Waals surface area contributed by atoms with Crippen molar-refractivity contribution < 1.29 is 4.74 Å². The number of benzene rings is 1. The molecule has 1 N–H and O–H groups in total. The number of halogens is 1. The van der Waals surface area contributed by atoms with E-state index in [2.05, 4.69) is 34.0 Å². The van der Waals surface area contributed by atoms with Crippen molar-refractivity contribution in [3.05, 3.63) is 41.8 Å². The van der Waals surface area contributed by atoms with E-state index in [9.17, 15) is 0 Å². The summed E-state index contributed by atoms with van der Waals surface area (Å²) in [5, 5.41) is 3.39. The standard InChI is InChI=1S/C16H21ClN4O/c1-3-21(4-2)11-12-22-14-7-5-13(6-8-14)19-15-9-10-18-16(17)20-15/h5-10H,3-4,11-12H2,1-2H3,(H,18,19,20). The molecule has 1 aromatic heterocycles.